The molecule has 1 saturated carbocycles. The van der Waals surface area contributed by atoms with E-state index >= 15 is 0 Å². The SMILES string of the molecule is CC(C)(N)C(C)(C)C(=O)NC1(C(=O)O)CCCCCC1. The van der Waals surface area contributed by atoms with Crippen LogP contribution in [0.2, 0.25) is 0 Å². The van der Waals surface area contributed by atoms with Crippen LogP contribution in [0.15, 0.2) is 0 Å². The summed E-state index contributed by atoms with van der Waals surface area (Å²) in [6.07, 6.45) is 4.70. The Balaban J connectivity index is 2.96. The molecule has 116 valence electrons. The number of aliphatic carboxylic acids is 1. The highest BCUT2D eigenvalue weighted by atomic mass is 16.4. The Morgan fingerprint density at radius 2 is 1.50 bits per heavy atom. The van der Waals surface area contributed by atoms with Gasteiger partial charge in [-0.15, -0.1) is 0 Å². The van der Waals surface area contributed by atoms with Crippen molar-refractivity contribution in [1.29, 1.82) is 0 Å². The zero-order valence-electron chi connectivity index (χ0n) is 13.1. The van der Waals surface area contributed by atoms with Crippen molar-refractivity contribution in [3.63, 3.8) is 0 Å². The first-order chi connectivity index (χ1) is 9.03. The molecule has 0 bridgehead atoms. The second-order valence-electron chi connectivity index (χ2n) is 7.10. The highest BCUT2D eigenvalue weighted by molar-refractivity contribution is 5.90. The number of nitrogens with two attached hydrogens (primary N) is 1. The number of rotatable bonds is 4. The Hall–Kier alpha value is -1.10. The van der Waals surface area contributed by atoms with Gasteiger partial charge in [0.05, 0.1) is 5.41 Å². The molecule has 0 aliphatic heterocycles. The van der Waals surface area contributed by atoms with E-state index in [4.69, 9.17) is 5.73 Å². The van der Waals surface area contributed by atoms with E-state index in [9.17, 15) is 14.7 Å². The first-order valence-corrected chi connectivity index (χ1v) is 7.38. The summed E-state index contributed by atoms with van der Waals surface area (Å²) in [6.45, 7) is 7.09. The number of nitrogens with one attached hydrogen (secondary N) is 1. The summed E-state index contributed by atoms with van der Waals surface area (Å²) < 4.78 is 0. The maximum Gasteiger partial charge on any atom is 0.329 e. The van der Waals surface area contributed by atoms with E-state index in [1.807, 2.05) is 0 Å². The zero-order valence-corrected chi connectivity index (χ0v) is 13.1. The minimum Gasteiger partial charge on any atom is -0.480 e. The molecule has 1 amide bonds. The highest BCUT2D eigenvalue weighted by Gasteiger charge is 2.46. The molecule has 0 aromatic carbocycles. The highest BCUT2D eigenvalue weighted by Crippen LogP contribution is 2.32. The fourth-order valence-electron chi connectivity index (χ4n) is 2.39. The fraction of sp³-hybridized carbons (Fsp3) is 0.867. The summed E-state index contributed by atoms with van der Waals surface area (Å²) in [5.41, 5.74) is 3.38. The molecule has 1 aliphatic rings. The van der Waals surface area contributed by atoms with E-state index < -0.39 is 22.5 Å². The minimum atomic E-state index is -1.13. The summed E-state index contributed by atoms with van der Waals surface area (Å²) in [7, 11) is 0. The van der Waals surface area contributed by atoms with Crippen LogP contribution in [0.1, 0.15) is 66.2 Å². The number of carboxylic acids is 1. The van der Waals surface area contributed by atoms with Crippen molar-refractivity contribution in [2.24, 2.45) is 11.1 Å². The van der Waals surface area contributed by atoms with Gasteiger partial charge in [-0.1, -0.05) is 25.7 Å². The van der Waals surface area contributed by atoms with Crippen LogP contribution in [-0.4, -0.2) is 28.1 Å². The lowest BCUT2D eigenvalue weighted by molar-refractivity contribution is -0.151. The maximum absolute atomic E-state index is 12.5. The van der Waals surface area contributed by atoms with Gasteiger partial charge < -0.3 is 16.2 Å². The molecule has 0 heterocycles. The van der Waals surface area contributed by atoms with E-state index in [-0.39, 0.29) is 5.91 Å². The molecule has 0 aromatic rings. The molecule has 1 rings (SSSR count). The monoisotopic (exact) mass is 284 g/mol. The van der Waals surface area contributed by atoms with Crippen molar-refractivity contribution in [3.05, 3.63) is 0 Å². The molecule has 0 saturated heterocycles. The van der Waals surface area contributed by atoms with Gasteiger partial charge in [-0.25, -0.2) is 4.79 Å². The second-order valence-corrected chi connectivity index (χ2v) is 7.10. The molecule has 20 heavy (non-hydrogen) atoms. The summed E-state index contributed by atoms with van der Waals surface area (Å²) in [4.78, 5) is 24.2. The molecule has 0 atom stereocenters. The van der Waals surface area contributed by atoms with Crippen molar-refractivity contribution in [3.8, 4) is 0 Å². The zero-order chi connectivity index (χ0) is 15.6. The van der Waals surface area contributed by atoms with Gasteiger partial charge >= 0.3 is 5.97 Å². The van der Waals surface area contributed by atoms with Gasteiger partial charge in [0.15, 0.2) is 0 Å². The van der Waals surface area contributed by atoms with Gasteiger partial charge in [-0.2, -0.15) is 0 Å². The summed E-state index contributed by atoms with van der Waals surface area (Å²) in [5.74, 6) is -1.22. The van der Waals surface area contributed by atoms with Gasteiger partial charge in [0.2, 0.25) is 5.91 Å². The standard InChI is InChI=1S/C15H28N2O3/c1-13(2,14(3,4)16)11(18)17-15(12(19)20)9-7-5-6-8-10-15/h5-10,16H2,1-4H3,(H,17,18)(H,19,20). The van der Waals surface area contributed by atoms with E-state index in [1.165, 1.54) is 0 Å². The van der Waals surface area contributed by atoms with Crippen LogP contribution in [-0.2, 0) is 9.59 Å². The van der Waals surface area contributed by atoms with Crippen LogP contribution in [0.3, 0.4) is 0 Å². The number of carbonyl (C=O) groups is 2. The quantitative estimate of drug-likeness (QED) is 0.689. The lowest BCUT2D eigenvalue weighted by atomic mass is 9.73. The van der Waals surface area contributed by atoms with Gasteiger partial charge in [-0.05, 0) is 40.5 Å². The van der Waals surface area contributed by atoms with Crippen LogP contribution in [0, 0.1) is 5.41 Å². The van der Waals surface area contributed by atoms with Gasteiger partial charge in [0, 0.05) is 5.54 Å². The van der Waals surface area contributed by atoms with Crippen LogP contribution >= 0.6 is 0 Å². The van der Waals surface area contributed by atoms with Crippen molar-refractivity contribution in [1.82, 2.24) is 5.32 Å². The molecular weight excluding hydrogens is 256 g/mol. The van der Waals surface area contributed by atoms with E-state index in [1.54, 1.807) is 27.7 Å². The Kier molecular flexibility index (Phi) is 4.85. The lowest BCUT2D eigenvalue weighted by Gasteiger charge is -2.40. The second kappa shape index (κ2) is 5.72. The van der Waals surface area contributed by atoms with Crippen molar-refractivity contribution in [2.75, 3.05) is 0 Å². The summed E-state index contributed by atoms with van der Waals surface area (Å²) >= 11 is 0. The average Bonchev–Trinajstić information content (AvgIpc) is 2.54. The lowest BCUT2D eigenvalue weighted by Crippen LogP contribution is -2.62. The number of amides is 1. The smallest absolute Gasteiger partial charge is 0.329 e. The van der Waals surface area contributed by atoms with Gasteiger partial charge in [-0.3, -0.25) is 4.79 Å². The third-order valence-electron chi connectivity index (χ3n) is 4.90. The Morgan fingerprint density at radius 1 is 1.05 bits per heavy atom. The molecule has 1 fully saturated rings. The molecular formula is C15H28N2O3. The molecule has 1 aliphatic carbocycles. The molecule has 5 nitrogen and oxygen atoms in total. The number of hydrogen-bond acceptors (Lipinski definition) is 3. The minimum absolute atomic E-state index is 0.283. The maximum atomic E-state index is 12.5. The largest absolute Gasteiger partial charge is 0.480 e. The molecule has 0 aromatic heterocycles. The first kappa shape index (κ1) is 17.0. The van der Waals surface area contributed by atoms with E-state index in [0.717, 1.165) is 25.7 Å². The third-order valence-corrected chi connectivity index (χ3v) is 4.90. The molecule has 0 unspecified atom stereocenters. The van der Waals surface area contributed by atoms with Crippen molar-refractivity contribution >= 4 is 11.9 Å². The predicted molar refractivity (Wildman–Crippen MR) is 78.3 cm³/mol. The Labute approximate surface area is 121 Å². The Bertz CT molecular complexity index is 375. The van der Waals surface area contributed by atoms with Crippen LogP contribution in [0.4, 0.5) is 0 Å². The number of carbonyl (C=O) groups excluding carboxylic acids is 1. The molecule has 0 spiro atoms. The van der Waals surface area contributed by atoms with E-state index in [0.29, 0.717) is 12.8 Å². The molecule has 5 heteroatoms. The number of carboxylic acid groups (broad SMARTS) is 1. The van der Waals surface area contributed by atoms with Crippen LogP contribution in [0.5, 0.6) is 0 Å². The Morgan fingerprint density at radius 3 is 1.85 bits per heavy atom. The predicted octanol–water partition coefficient (Wildman–Crippen LogP) is 2.04. The van der Waals surface area contributed by atoms with Gasteiger partial charge in [0.1, 0.15) is 5.54 Å². The molecule has 4 N–H and O–H groups in total. The molecule has 0 radical (unpaired) electrons. The van der Waals surface area contributed by atoms with Gasteiger partial charge in [0.25, 0.3) is 0 Å². The van der Waals surface area contributed by atoms with Crippen LogP contribution < -0.4 is 11.1 Å². The summed E-state index contributed by atoms with van der Waals surface area (Å²) in [6, 6.07) is 0. The first-order valence-electron chi connectivity index (χ1n) is 7.38. The normalized spacial score (nSPS) is 20.1. The summed E-state index contributed by atoms with van der Waals surface area (Å²) in [5, 5.41) is 12.4. The van der Waals surface area contributed by atoms with E-state index in [2.05, 4.69) is 5.32 Å². The number of hydrogen-bond donors (Lipinski definition) is 3. The van der Waals surface area contributed by atoms with Crippen molar-refractivity contribution in [2.45, 2.75) is 77.3 Å². The third kappa shape index (κ3) is 3.32. The van der Waals surface area contributed by atoms with Crippen molar-refractivity contribution < 1.29 is 14.7 Å². The average molecular weight is 284 g/mol. The van der Waals surface area contributed by atoms with Crippen LogP contribution in [0.25, 0.3) is 0 Å². The topological polar surface area (TPSA) is 92.4 Å². The fourth-order valence-corrected chi connectivity index (χ4v) is 2.39.